The highest BCUT2D eigenvalue weighted by Gasteiger charge is 1.94. The number of rotatable bonds is 5. The Kier molecular flexibility index (Phi) is 32.6. The van der Waals surface area contributed by atoms with E-state index in [1.807, 2.05) is 27.7 Å². The van der Waals surface area contributed by atoms with Gasteiger partial charge in [0.15, 0.2) is 0 Å². The van der Waals surface area contributed by atoms with Gasteiger partial charge in [-0.15, -0.1) is 0 Å². The zero-order chi connectivity index (χ0) is 11.1. The summed E-state index contributed by atoms with van der Waals surface area (Å²) in [6, 6.07) is 0. The molecule has 0 N–H and O–H groups in total. The molecule has 1 nitrogen and oxygen atoms in total. The SMILES string of the molecule is CC.CC.CCCCN(CC)CC. The van der Waals surface area contributed by atoms with E-state index in [-0.39, 0.29) is 0 Å². The van der Waals surface area contributed by atoms with Crippen LogP contribution in [0.2, 0.25) is 0 Å². The second kappa shape index (κ2) is 22.7. The summed E-state index contributed by atoms with van der Waals surface area (Å²) in [5, 5.41) is 0. The van der Waals surface area contributed by atoms with Crippen LogP contribution in [-0.4, -0.2) is 24.5 Å². The van der Waals surface area contributed by atoms with Crippen molar-refractivity contribution in [1.82, 2.24) is 4.90 Å². The van der Waals surface area contributed by atoms with Gasteiger partial charge in [0.2, 0.25) is 0 Å². The predicted molar refractivity (Wildman–Crippen MR) is 65.4 cm³/mol. The van der Waals surface area contributed by atoms with E-state index < -0.39 is 0 Å². The van der Waals surface area contributed by atoms with E-state index in [0.717, 1.165) is 0 Å². The molecule has 0 fully saturated rings. The van der Waals surface area contributed by atoms with Crippen LogP contribution in [0.5, 0.6) is 0 Å². The number of hydrogen-bond donors (Lipinski definition) is 0. The third kappa shape index (κ3) is 18.7. The van der Waals surface area contributed by atoms with Crippen molar-refractivity contribution in [2.24, 2.45) is 0 Å². The monoisotopic (exact) mass is 189 g/mol. The maximum Gasteiger partial charge on any atom is -0.00191 e. The van der Waals surface area contributed by atoms with E-state index in [1.54, 1.807) is 0 Å². The van der Waals surface area contributed by atoms with Gasteiger partial charge in [-0.2, -0.15) is 0 Å². The predicted octanol–water partition coefficient (Wildman–Crippen LogP) is 4.18. The Morgan fingerprint density at radius 2 is 1.15 bits per heavy atom. The Hall–Kier alpha value is -0.0400. The Morgan fingerprint density at radius 1 is 0.769 bits per heavy atom. The van der Waals surface area contributed by atoms with Crippen LogP contribution in [0.25, 0.3) is 0 Å². The molecule has 1 heteroatoms. The molecule has 0 aromatic rings. The number of unbranched alkanes of at least 4 members (excludes halogenated alkanes) is 1. The topological polar surface area (TPSA) is 3.24 Å². The van der Waals surface area contributed by atoms with Gasteiger partial charge in [-0.1, -0.05) is 54.9 Å². The fraction of sp³-hybridized carbons (Fsp3) is 1.00. The van der Waals surface area contributed by atoms with Gasteiger partial charge in [0.25, 0.3) is 0 Å². The van der Waals surface area contributed by atoms with E-state index >= 15 is 0 Å². The maximum absolute atomic E-state index is 2.46. The van der Waals surface area contributed by atoms with E-state index in [4.69, 9.17) is 0 Å². The summed E-state index contributed by atoms with van der Waals surface area (Å²) in [7, 11) is 0. The van der Waals surface area contributed by atoms with Gasteiger partial charge in [-0.25, -0.2) is 0 Å². The fourth-order valence-corrected chi connectivity index (χ4v) is 0.922. The summed E-state index contributed by atoms with van der Waals surface area (Å²) in [5.41, 5.74) is 0. The molecule has 0 spiro atoms. The second-order valence-electron chi connectivity index (χ2n) is 2.38. The molecule has 0 heterocycles. The third-order valence-corrected chi connectivity index (χ3v) is 1.72. The molecular weight excluding hydrogens is 158 g/mol. The summed E-state index contributed by atoms with van der Waals surface area (Å²) in [6.45, 7) is 18.4. The molecule has 0 aromatic carbocycles. The van der Waals surface area contributed by atoms with Crippen molar-refractivity contribution in [3.63, 3.8) is 0 Å². The Bertz CT molecular complexity index is 49.1. The molecule has 0 bridgehead atoms. The molecule has 0 rings (SSSR count). The molecule has 0 amide bonds. The van der Waals surface area contributed by atoms with Crippen molar-refractivity contribution in [2.75, 3.05) is 19.6 Å². The summed E-state index contributed by atoms with van der Waals surface area (Å²) in [6.07, 6.45) is 2.66. The minimum absolute atomic E-state index is 1.20. The Labute approximate surface area is 86.5 Å². The zero-order valence-electron chi connectivity index (χ0n) is 11.0. The maximum atomic E-state index is 2.46. The van der Waals surface area contributed by atoms with Crippen molar-refractivity contribution >= 4 is 0 Å². The molecular formula is C12H31N. The lowest BCUT2D eigenvalue weighted by molar-refractivity contribution is 0.299. The third-order valence-electron chi connectivity index (χ3n) is 1.72. The number of hydrogen-bond acceptors (Lipinski definition) is 1. The quantitative estimate of drug-likeness (QED) is 0.627. The highest BCUT2D eigenvalue weighted by Crippen LogP contribution is 1.92. The van der Waals surface area contributed by atoms with Crippen LogP contribution < -0.4 is 0 Å². The molecule has 0 atom stereocenters. The van der Waals surface area contributed by atoms with E-state index in [1.165, 1.54) is 32.5 Å². The molecule has 0 unspecified atom stereocenters. The van der Waals surface area contributed by atoms with Gasteiger partial charge < -0.3 is 4.90 Å². The van der Waals surface area contributed by atoms with Crippen LogP contribution in [0, 0.1) is 0 Å². The first kappa shape index (κ1) is 18.7. The minimum atomic E-state index is 1.20. The minimum Gasteiger partial charge on any atom is -0.304 e. The smallest absolute Gasteiger partial charge is 0.00191 e. The average molecular weight is 189 g/mol. The lowest BCUT2D eigenvalue weighted by Gasteiger charge is -2.16. The molecule has 0 saturated heterocycles. The average Bonchev–Trinajstić information content (AvgIpc) is 2.25. The second-order valence-corrected chi connectivity index (χ2v) is 2.38. The van der Waals surface area contributed by atoms with Crippen LogP contribution in [0.3, 0.4) is 0 Å². The van der Waals surface area contributed by atoms with Crippen LogP contribution in [0.15, 0.2) is 0 Å². The lowest BCUT2D eigenvalue weighted by atomic mass is 10.3. The van der Waals surface area contributed by atoms with Crippen LogP contribution in [0.1, 0.15) is 61.3 Å². The lowest BCUT2D eigenvalue weighted by Crippen LogP contribution is -2.23. The van der Waals surface area contributed by atoms with Gasteiger partial charge in [-0.3, -0.25) is 0 Å². The first-order valence-corrected chi connectivity index (χ1v) is 6.07. The van der Waals surface area contributed by atoms with Gasteiger partial charge in [-0.05, 0) is 26.1 Å². The highest BCUT2D eigenvalue weighted by molar-refractivity contribution is 4.49. The van der Waals surface area contributed by atoms with Crippen molar-refractivity contribution in [3.05, 3.63) is 0 Å². The van der Waals surface area contributed by atoms with E-state index in [0.29, 0.717) is 0 Å². The first-order chi connectivity index (χ1) is 6.35. The fourth-order valence-electron chi connectivity index (χ4n) is 0.922. The number of nitrogens with zero attached hydrogens (tertiary/aromatic N) is 1. The zero-order valence-corrected chi connectivity index (χ0v) is 11.0. The Morgan fingerprint density at radius 3 is 1.38 bits per heavy atom. The van der Waals surface area contributed by atoms with Crippen molar-refractivity contribution < 1.29 is 0 Å². The van der Waals surface area contributed by atoms with Crippen molar-refractivity contribution in [1.29, 1.82) is 0 Å². The molecule has 0 saturated carbocycles. The van der Waals surface area contributed by atoms with Crippen LogP contribution in [-0.2, 0) is 0 Å². The molecule has 0 aliphatic rings. The normalized spacial score (nSPS) is 8.31. The Balaban J connectivity index is -0.000000218. The molecule has 0 aliphatic heterocycles. The first-order valence-electron chi connectivity index (χ1n) is 6.07. The molecule has 0 aliphatic carbocycles. The van der Waals surface area contributed by atoms with E-state index in [9.17, 15) is 0 Å². The molecule has 84 valence electrons. The summed E-state index contributed by atoms with van der Waals surface area (Å²) in [4.78, 5) is 2.46. The van der Waals surface area contributed by atoms with Gasteiger partial charge in [0.1, 0.15) is 0 Å². The highest BCUT2D eigenvalue weighted by atomic mass is 15.1. The molecule has 0 radical (unpaired) electrons. The van der Waals surface area contributed by atoms with E-state index in [2.05, 4.69) is 25.7 Å². The van der Waals surface area contributed by atoms with Crippen molar-refractivity contribution in [2.45, 2.75) is 61.3 Å². The van der Waals surface area contributed by atoms with Gasteiger partial charge in [0.05, 0.1) is 0 Å². The molecule has 0 aromatic heterocycles. The van der Waals surface area contributed by atoms with Crippen molar-refractivity contribution in [3.8, 4) is 0 Å². The summed E-state index contributed by atoms with van der Waals surface area (Å²) in [5.74, 6) is 0. The van der Waals surface area contributed by atoms with Crippen LogP contribution in [0.4, 0.5) is 0 Å². The van der Waals surface area contributed by atoms with Gasteiger partial charge >= 0.3 is 0 Å². The van der Waals surface area contributed by atoms with Crippen LogP contribution >= 0.6 is 0 Å². The summed E-state index contributed by atoms with van der Waals surface area (Å²) >= 11 is 0. The van der Waals surface area contributed by atoms with Gasteiger partial charge in [0, 0.05) is 0 Å². The standard InChI is InChI=1S/C8H19N.2C2H6/c1-4-7-8-9(5-2)6-3;2*1-2/h4-8H2,1-3H3;2*1-2H3. The summed E-state index contributed by atoms with van der Waals surface area (Å²) < 4.78 is 0. The largest absolute Gasteiger partial charge is 0.304 e. The molecule has 13 heavy (non-hydrogen) atoms.